The van der Waals surface area contributed by atoms with Gasteiger partial charge in [-0.2, -0.15) is 4.31 Å². The van der Waals surface area contributed by atoms with E-state index in [0.717, 1.165) is 0 Å². The quantitative estimate of drug-likeness (QED) is 0.724. The van der Waals surface area contributed by atoms with E-state index in [9.17, 15) is 18.0 Å². The van der Waals surface area contributed by atoms with Crippen LogP contribution in [0.5, 0.6) is 11.5 Å². The van der Waals surface area contributed by atoms with E-state index in [1.807, 2.05) is 0 Å². The van der Waals surface area contributed by atoms with Crippen molar-refractivity contribution in [1.82, 2.24) is 9.21 Å². The fraction of sp³-hybridized carbons (Fsp3) is 0.333. The van der Waals surface area contributed by atoms with E-state index >= 15 is 0 Å². The van der Waals surface area contributed by atoms with Gasteiger partial charge in [0.25, 0.3) is 5.91 Å². The highest BCUT2D eigenvalue weighted by Gasteiger charge is 2.29. The van der Waals surface area contributed by atoms with Gasteiger partial charge in [0.2, 0.25) is 15.9 Å². The third-order valence-corrected chi connectivity index (χ3v) is 7.01. The minimum Gasteiger partial charge on any atom is -0.497 e. The summed E-state index contributed by atoms with van der Waals surface area (Å²) in [6.45, 7) is 2.66. The molecule has 2 aromatic carbocycles. The zero-order chi connectivity index (χ0) is 22.6. The van der Waals surface area contributed by atoms with E-state index in [-0.39, 0.29) is 23.9 Å². The molecule has 10 heteroatoms. The van der Waals surface area contributed by atoms with Crippen molar-refractivity contribution in [2.75, 3.05) is 45.7 Å². The number of anilines is 1. The number of methoxy groups -OCH3 is 2. The topological polar surface area (TPSA) is 105 Å². The molecule has 9 nitrogen and oxygen atoms in total. The molecular formula is C21H25N3O6S. The van der Waals surface area contributed by atoms with Gasteiger partial charge in [-0.05, 0) is 36.4 Å². The summed E-state index contributed by atoms with van der Waals surface area (Å²) in [6.07, 6.45) is 0. The monoisotopic (exact) mass is 447 g/mol. The zero-order valence-electron chi connectivity index (χ0n) is 17.6. The second-order valence-corrected chi connectivity index (χ2v) is 8.89. The molecule has 0 radical (unpaired) electrons. The normalized spacial score (nSPS) is 14.7. The Morgan fingerprint density at radius 1 is 0.935 bits per heavy atom. The standard InChI is InChI=1S/C21H25N3O6S/c1-15(25)23-10-12-24(13-11-23)31(27,28)18-7-4-16(5-8-18)21(26)22-19-14-17(29-2)6-9-20(19)30-3/h4-9,14H,10-13H2,1-3H3,(H,22,26). The van der Waals surface area contributed by atoms with Gasteiger partial charge in [-0.15, -0.1) is 0 Å². The van der Waals surface area contributed by atoms with Crippen LogP contribution in [0.4, 0.5) is 5.69 Å². The van der Waals surface area contributed by atoms with Gasteiger partial charge in [0.05, 0.1) is 24.8 Å². The van der Waals surface area contributed by atoms with E-state index < -0.39 is 15.9 Å². The summed E-state index contributed by atoms with van der Waals surface area (Å²) < 4.78 is 37.5. The number of carbonyl (C=O) groups excluding carboxylic acids is 2. The van der Waals surface area contributed by atoms with E-state index in [4.69, 9.17) is 9.47 Å². The highest BCUT2D eigenvalue weighted by atomic mass is 32.2. The number of rotatable bonds is 6. The molecule has 2 amide bonds. The Bertz CT molecular complexity index is 1060. The number of piperazine rings is 1. The minimum absolute atomic E-state index is 0.0694. The van der Waals surface area contributed by atoms with Crippen molar-refractivity contribution >= 4 is 27.5 Å². The Labute approximate surface area is 181 Å². The van der Waals surface area contributed by atoms with Crippen LogP contribution < -0.4 is 14.8 Å². The summed E-state index contributed by atoms with van der Waals surface area (Å²) in [4.78, 5) is 25.8. The maximum absolute atomic E-state index is 12.9. The van der Waals surface area contributed by atoms with Crippen LogP contribution in [0.2, 0.25) is 0 Å². The van der Waals surface area contributed by atoms with Crippen molar-refractivity contribution in [2.24, 2.45) is 0 Å². The van der Waals surface area contributed by atoms with Crippen LogP contribution in [-0.2, 0) is 14.8 Å². The third kappa shape index (κ3) is 4.97. The summed E-state index contributed by atoms with van der Waals surface area (Å²) in [5, 5.41) is 2.75. The number of hydrogen-bond acceptors (Lipinski definition) is 6. The predicted octanol–water partition coefficient (Wildman–Crippen LogP) is 1.81. The van der Waals surface area contributed by atoms with Gasteiger partial charge in [0, 0.05) is 44.7 Å². The minimum atomic E-state index is -3.71. The lowest BCUT2D eigenvalue weighted by Gasteiger charge is -2.33. The Kier molecular flexibility index (Phi) is 6.81. The molecule has 1 aliphatic rings. The van der Waals surface area contributed by atoms with Gasteiger partial charge >= 0.3 is 0 Å². The number of ether oxygens (including phenoxy) is 2. The molecule has 1 N–H and O–H groups in total. The molecule has 0 aliphatic carbocycles. The van der Waals surface area contributed by atoms with E-state index in [1.165, 1.54) is 49.7 Å². The average Bonchev–Trinajstić information content (AvgIpc) is 2.79. The molecule has 2 aromatic rings. The number of nitrogens with one attached hydrogen (secondary N) is 1. The molecular weight excluding hydrogens is 422 g/mol. The van der Waals surface area contributed by atoms with Gasteiger partial charge in [-0.25, -0.2) is 8.42 Å². The lowest BCUT2D eigenvalue weighted by molar-refractivity contribution is -0.129. The molecule has 0 atom stereocenters. The fourth-order valence-electron chi connectivity index (χ4n) is 3.28. The molecule has 0 aromatic heterocycles. The number of benzene rings is 2. The van der Waals surface area contributed by atoms with Crippen molar-refractivity contribution in [3.63, 3.8) is 0 Å². The largest absolute Gasteiger partial charge is 0.497 e. The lowest BCUT2D eigenvalue weighted by atomic mass is 10.2. The third-order valence-electron chi connectivity index (χ3n) is 5.09. The molecule has 3 rings (SSSR count). The van der Waals surface area contributed by atoms with Gasteiger partial charge in [0.15, 0.2) is 0 Å². The average molecular weight is 448 g/mol. The van der Waals surface area contributed by atoms with Crippen LogP contribution in [0.25, 0.3) is 0 Å². The maximum atomic E-state index is 12.9. The SMILES string of the molecule is COc1ccc(OC)c(NC(=O)c2ccc(S(=O)(=O)N3CCN(C(C)=O)CC3)cc2)c1. The molecule has 0 spiro atoms. The molecule has 0 bridgehead atoms. The van der Waals surface area contributed by atoms with E-state index in [1.54, 1.807) is 23.1 Å². The predicted molar refractivity (Wildman–Crippen MR) is 115 cm³/mol. The van der Waals surface area contributed by atoms with Gasteiger partial charge in [0.1, 0.15) is 11.5 Å². The van der Waals surface area contributed by atoms with E-state index in [0.29, 0.717) is 35.8 Å². The van der Waals surface area contributed by atoms with Crippen molar-refractivity contribution in [2.45, 2.75) is 11.8 Å². The summed E-state index contributed by atoms with van der Waals surface area (Å²) in [6, 6.07) is 10.8. The van der Waals surface area contributed by atoms with Crippen LogP contribution in [0.15, 0.2) is 47.4 Å². The number of sulfonamides is 1. The summed E-state index contributed by atoms with van der Waals surface area (Å²) >= 11 is 0. The second-order valence-electron chi connectivity index (χ2n) is 6.95. The fourth-order valence-corrected chi connectivity index (χ4v) is 4.70. The van der Waals surface area contributed by atoms with E-state index in [2.05, 4.69) is 5.32 Å². The first-order valence-corrected chi connectivity index (χ1v) is 11.1. The van der Waals surface area contributed by atoms with Gasteiger partial charge < -0.3 is 19.7 Å². The van der Waals surface area contributed by atoms with Gasteiger partial charge in [-0.3, -0.25) is 9.59 Å². The number of carbonyl (C=O) groups is 2. The number of nitrogens with zero attached hydrogens (tertiary/aromatic N) is 2. The van der Waals surface area contributed by atoms with Crippen LogP contribution >= 0.6 is 0 Å². The molecule has 1 saturated heterocycles. The maximum Gasteiger partial charge on any atom is 0.255 e. The highest BCUT2D eigenvalue weighted by molar-refractivity contribution is 7.89. The van der Waals surface area contributed by atoms with Crippen LogP contribution in [0.1, 0.15) is 17.3 Å². The van der Waals surface area contributed by atoms with Crippen molar-refractivity contribution in [1.29, 1.82) is 0 Å². The molecule has 31 heavy (non-hydrogen) atoms. The lowest BCUT2D eigenvalue weighted by Crippen LogP contribution is -2.49. The molecule has 1 fully saturated rings. The first kappa shape index (κ1) is 22.6. The highest BCUT2D eigenvalue weighted by Crippen LogP contribution is 2.29. The molecule has 166 valence electrons. The molecule has 0 unspecified atom stereocenters. The van der Waals surface area contributed by atoms with Crippen molar-refractivity contribution in [3.05, 3.63) is 48.0 Å². The smallest absolute Gasteiger partial charge is 0.255 e. The Balaban J connectivity index is 1.73. The second kappa shape index (κ2) is 9.36. The molecule has 0 saturated carbocycles. The Morgan fingerprint density at radius 2 is 1.58 bits per heavy atom. The van der Waals surface area contributed by atoms with Crippen molar-refractivity contribution < 1.29 is 27.5 Å². The first-order chi connectivity index (χ1) is 14.8. The molecule has 1 aliphatic heterocycles. The Morgan fingerprint density at radius 3 is 2.13 bits per heavy atom. The summed E-state index contributed by atoms with van der Waals surface area (Å²) in [7, 11) is -0.691. The zero-order valence-corrected chi connectivity index (χ0v) is 18.4. The summed E-state index contributed by atoms with van der Waals surface area (Å²) in [5.74, 6) is 0.547. The van der Waals surface area contributed by atoms with Crippen LogP contribution in [-0.4, -0.2) is 69.8 Å². The van der Waals surface area contributed by atoms with Crippen LogP contribution in [0, 0.1) is 0 Å². The summed E-state index contributed by atoms with van der Waals surface area (Å²) in [5.41, 5.74) is 0.733. The van der Waals surface area contributed by atoms with Gasteiger partial charge in [-0.1, -0.05) is 0 Å². The molecule has 1 heterocycles. The first-order valence-electron chi connectivity index (χ1n) is 9.65. The van der Waals surface area contributed by atoms with Crippen molar-refractivity contribution in [3.8, 4) is 11.5 Å². The Hall–Kier alpha value is -3.11. The van der Waals surface area contributed by atoms with Crippen LogP contribution in [0.3, 0.4) is 0 Å². The number of amides is 2. The number of hydrogen-bond donors (Lipinski definition) is 1.